The van der Waals surface area contributed by atoms with E-state index in [4.69, 9.17) is 0 Å². The summed E-state index contributed by atoms with van der Waals surface area (Å²) in [7, 11) is 0. The van der Waals surface area contributed by atoms with E-state index in [1.54, 1.807) is 17.0 Å². The molecule has 2 aliphatic heterocycles. The van der Waals surface area contributed by atoms with E-state index in [-0.39, 0.29) is 30.2 Å². The maximum atomic E-state index is 13.4. The highest BCUT2D eigenvalue weighted by atomic mass is 19.1. The number of hydrogen-bond acceptors (Lipinski definition) is 3. The summed E-state index contributed by atoms with van der Waals surface area (Å²) in [5, 5.41) is 0. The molecule has 3 rings (SSSR count). The molecule has 6 nitrogen and oxygen atoms in total. The lowest BCUT2D eigenvalue weighted by molar-refractivity contribution is -0.159. The van der Waals surface area contributed by atoms with Crippen LogP contribution in [0.5, 0.6) is 0 Å². The average molecular weight is 403 g/mol. The van der Waals surface area contributed by atoms with Crippen molar-refractivity contribution in [2.45, 2.75) is 52.1 Å². The summed E-state index contributed by atoms with van der Waals surface area (Å²) in [6, 6.07) is 6.09. The first-order valence-corrected chi connectivity index (χ1v) is 10.6. The number of likely N-dealkylation sites (tertiary alicyclic amines) is 1. The summed E-state index contributed by atoms with van der Waals surface area (Å²) in [5.74, 6) is -1.10. The molecule has 2 saturated heterocycles. The lowest BCUT2D eigenvalue weighted by atomic mass is 9.97. The zero-order valence-electron chi connectivity index (χ0n) is 17.3. The van der Waals surface area contributed by atoms with Crippen LogP contribution in [0.1, 0.15) is 45.1 Å². The molecule has 29 heavy (non-hydrogen) atoms. The predicted octanol–water partition coefficient (Wildman–Crippen LogP) is 2.42. The summed E-state index contributed by atoms with van der Waals surface area (Å²) in [6.07, 6.45) is 3.09. The van der Waals surface area contributed by atoms with E-state index in [1.165, 1.54) is 17.0 Å². The Morgan fingerprint density at radius 2 is 1.76 bits per heavy atom. The van der Waals surface area contributed by atoms with Crippen LogP contribution in [0.15, 0.2) is 24.3 Å². The fourth-order valence-electron chi connectivity index (χ4n) is 4.34. The van der Waals surface area contributed by atoms with Crippen LogP contribution >= 0.6 is 0 Å². The maximum absolute atomic E-state index is 13.4. The molecule has 2 aliphatic rings. The van der Waals surface area contributed by atoms with Crippen molar-refractivity contribution in [1.82, 2.24) is 14.7 Å². The maximum Gasteiger partial charge on any atom is 0.312 e. The van der Waals surface area contributed by atoms with Crippen LogP contribution < -0.4 is 0 Å². The second-order valence-electron chi connectivity index (χ2n) is 7.93. The van der Waals surface area contributed by atoms with E-state index in [2.05, 4.69) is 0 Å². The van der Waals surface area contributed by atoms with Gasteiger partial charge in [0.25, 0.3) is 0 Å². The molecule has 0 N–H and O–H groups in total. The highest BCUT2D eigenvalue weighted by Crippen LogP contribution is 2.23. The number of carbonyl (C=O) groups excluding carboxylic acids is 3. The highest BCUT2D eigenvalue weighted by molar-refractivity contribution is 6.35. The molecule has 2 fully saturated rings. The van der Waals surface area contributed by atoms with Crippen LogP contribution in [0.4, 0.5) is 4.39 Å². The zero-order chi connectivity index (χ0) is 21.0. The van der Waals surface area contributed by atoms with Gasteiger partial charge in [0, 0.05) is 44.7 Å². The number of halogens is 1. The van der Waals surface area contributed by atoms with Gasteiger partial charge in [-0.25, -0.2) is 4.39 Å². The molecule has 0 bridgehead atoms. The van der Waals surface area contributed by atoms with Crippen molar-refractivity contribution in [2.75, 3.05) is 26.2 Å². The second-order valence-corrected chi connectivity index (χ2v) is 7.93. The molecular weight excluding hydrogens is 373 g/mol. The Hall–Kier alpha value is -2.44. The Morgan fingerprint density at radius 3 is 2.38 bits per heavy atom. The quantitative estimate of drug-likeness (QED) is 0.686. The van der Waals surface area contributed by atoms with Crippen molar-refractivity contribution in [1.29, 1.82) is 0 Å². The van der Waals surface area contributed by atoms with E-state index >= 15 is 0 Å². The Kier molecular flexibility index (Phi) is 6.87. The SMILES string of the molecule is CCC(CC)C(=O)N1CCC(N2CCN(Cc3cccc(F)c3)C(=O)C2=O)CC1. The number of hydrogen-bond donors (Lipinski definition) is 0. The van der Waals surface area contributed by atoms with E-state index in [1.807, 2.05) is 18.7 Å². The Morgan fingerprint density at radius 1 is 1.07 bits per heavy atom. The number of amides is 3. The molecule has 2 heterocycles. The minimum atomic E-state index is -0.531. The molecule has 7 heteroatoms. The molecule has 1 aromatic carbocycles. The first-order valence-electron chi connectivity index (χ1n) is 10.6. The van der Waals surface area contributed by atoms with Crippen LogP contribution in [0, 0.1) is 11.7 Å². The molecule has 0 radical (unpaired) electrons. The van der Waals surface area contributed by atoms with Crippen molar-refractivity contribution in [3.8, 4) is 0 Å². The van der Waals surface area contributed by atoms with Gasteiger partial charge in [-0.1, -0.05) is 26.0 Å². The summed E-state index contributed by atoms with van der Waals surface area (Å²) >= 11 is 0. The summed E-state index contributed by atoms with van der Waals surface area (Å²) in [6.45, 7) is 6.48. The number of piperidine rings is 1. The van der Waals surface area contributed by atoms with Gasteiger partial charge in [0.05, 0.1) is 0 Å². The van der Waals surface area contributed by atoms with E-state index < -0.39 is 11.8 Å². The van der Waals surface area contributed by atoms with Gasteiger partial charge < -0.3 is 14.7 Å². The van der Waals surface area contributed by atoms with Crippen LogP contribution in [0.25, 0.3) is 0 Å². The number of benzene rings is 1. The highest BCUT2D eigenvalue weighted by Gasteiger charge is 2.38. The van der Waals surface area contributed by atoms with Crippen LogP contribution in [-0.4, -0.2) is 64.6 Å². The van der Waals surface area contributed by atoms with E-state index in [0.717, 1.165) is 12.8 Å². The van der Waals surface area contributed by atoms with Gasteiger partial charge in [-0.2, -0.15) is 0 Å². The van der Waals surface area contributed by atoms with Crippen LogP contribution in [-0.2, 0) is 20.9 Å². The third-order valence-corrected chi connectivity index (χ3v) is 6.16. The molecule has 0 unspecified atom stereocenters. The molecule has 0 saturated carbocycles. The Labute approximate surface area is 171 Å². The summed E-state index contributed by atoms with van der Waals surface area (Å²) < 4.78 is 13.4. The monoisotopic (exact) mass is 403 g/mol. The molecule has 0 atom stereocenters. The van der Waals surface area contributed by atoms with Crippen LogP contribution in [0.2, 0.25) is 0 Å². The third kappa shape index (κ3) is 4.77. The minimum absolute atomic E-state index is 0.00600. The molecule has 0 spiro atoms. The van der Waals surface area contributed by atoms with Crippen molar-refractivity contribution in [2.24, 2.45) is 5.92 Å². The van der Waals surface area contributed by atoms with Crippen molar-refractivity contribution in [3.63, 3.8) is 0 Å². The number of nitrogens with zero attached hydrogens (tertiary/aromatic N) is 3. The van der Waals surface area contributed by atoms with Gasteiger partial charge in [0.1, 0.15) is 5.82 Å². The Balaban J connectivity index is 1.55. The number of piperazine rings is 1. The Bertz CT molecular complexity index is 757. The van der Waals surface area contributed by atoms with Gasteiger partial charge in [0.15, 0.2) is 0 Å². The fraction of sp³-hybridized carbons (Fsp3) is 0.591. The molecule has 158 valence electrons. The topological polar surface area (TPSA) is 60.9 Å². The lowest BCUT2D eigenvalue weighted by Gasteiger charge is -2.42. The minimum Gasteiger partial charge on any atom is -0.342 e. The number of carbonyl (C=O) groups is 3. The fourth-order valence-corrected chi connectivity index (χ4v) is 4.34. The predicted molar refractivity (Wildman–Crippen MR) is 107 cm³/mol. The van der Waals surface area contributed by atoms with Gasteiger partial charge in [0.2, 0.25) is 5.91 Å². The molecule has 0 aliphatic carbocycles. The van der Waals surface area contributed by atoms with Crippen molar-refractivity contribution in [3.05, 3.63) is 35.6 Å². The lowest BCUT2D eigenvalue weighted by Crippen LogP contribution is -2.59. The normalized spacial score (nSPS) is 18.7. The van der Waals surface area contributed by atoms with Crippen molar-refractivity contribution >= 4 is 17.7 Å². The summed E-state index contributed by atoms with van der Waals surface area (Å²) in [4.78, 5) is 42.9. The second kappa shape index (κ2) is 9.37. The van der Waals surface area contributed by atoms with Gasteiger partial charge in [-0.15, -0.1) is 0 Å². The van der Waals surface area contributed by atoms with Gasteiger partial charge in [-0.3, -0.25) is 14.4 Å². The average Bonchev–Trinajstić information content (AvgIpc) is 2.73. The number of rotatable bonds is 6. The third-order valence-electron chi connectivity index (χ3n) is 6.16. The largest absolute Gasteiger partial charge is 0.342 e. The smallest absolute Gasteiger partial charge is 0.312 e. The molecule has 3 amide bonds. The van der Waals surface area contributed by atoms with Crippen LogP contribution in [0.3, 0.4) is 0 Å². The zero-order valence-corrected chi connectivity index (χ0v) is 17.3. The first-order chi connectivity index (χ1) is 13.9. The van der Waals surface area contributed by atoms with E-state index in [9.17, 15) is 18.8 Å². The molecular formula is C22H30FN3O3. The van der Waals surface area contributed by atoms with Gasteiger partial charge in [-0.05, 0) is 43.4 Å². The van der Waals surface area contributed by atoms with Gasteiger partial charge >= 0.3 is 11.8 Å². The van der Waals surface area contributed by atoms with Crippen molar-refractivity contribution < 1.29 is 18.8 Å². The molecule has 1 aromatic rings. The molecule has 0 aromatic heterocycles. The standard InChI is InChI=1S/C22H30FN3O3/c1-3-17(4-2)20(27)24-10-8-19(9-11-24)26-13-12-25(21(28)22(26)29)15-16-6-5-7-18(23)14-16/h5-7,14,17,19H,3-4,8-13,15H2,1-2H3. The summed E-state index contributed by atoms with van der Waals surface area (Å²) in [5.41, 5.74) is 0.674. The first kappa shape index (κ1) is 21.3. The van der Waals surface area contributed by atoms with E-state index in [0.29, 0.717) is 44.6 Å².